The van der Waals surface area contributed by atoms with Crippen LogP contribution in [0.25, 0.3) is 0 Å². The zero-order chi connectivity index (χ0) is 11.1. The molecule has 1 aliphatic heterocycles. The Morgan fingerprint density at radius 2 is 2.40 bits per heavy atom. The lowest BCUT2D eigenvalue weighted by atomic mass is 10.1. The van der Waals surface area contributed by atoms with E-state index in [-0.39, 0.29) is 0 Å². The zero-order valence-electron chi connectivity index (χ0n) is 10.2. The lowest BCUT2D eigenvalue weighted by Gasteiger charge is -2.37. The molecule has 1 N–H and O–H groups in total. The summed E-state index contributed by atoms with van der Waals surface area (Å²) in [6, 6.07) is 1.10. The molecule has 0 radical (unpaired) electrons. The van der Waals surface area contributed by atoms with Crippen LogP contribution < -0.4 is 5.32 Å². The molecule has 1 rings (SSSR count). The van der Waals surface area contributed by atoms with Crippen molar-refractivity contribution in [1.82, 2.24) is 10.2 Å². The van der Waals surface area contributed by atoms with Crippen LogP contribution in [0.5, 0.6) is 0 Å². The number of nitrogens with zero attached hydrogens (tertiary/aromatic N) is 1. The molecule has 2 atom stereocenters. The van der Waals surface area contributed by atoms with Gasteiger partial charge in [0.15, 0.2) is 0 Å². The molecule has 1 aliphatic rings. The van der Waals surface area contributed by atoms with Crippen LogP contribution in [0.15, 0.2) is 0 Å². The fourth-order valence-electron chi connectivity index (χ4n) is 1.94. The van der Waals surface area contributed by atoms with E-state index >= 15 is 0 Å². The van der Waals surface area contributed by atoms with E-state index in [1.54, 1.807) is 7.11 Å². The van der Waals surface area contributed by atoms with Crippen LogP contribution in [0.4, 0.5) is 0 Å². The highest BCUT2D eigenvalue weighted by Gasteiger charge is 2.27. The highest BCUT2D eigenvalue weighted by molar-refractivity contribution is 7.99. The van der Waals surface area contributed by atoms with Crippen molar-refractivity contribution < 1.29 is 4.74 Å². The van der Waals surface area contributed by atoms with Gasteiger partial charge < -0.3 is 15.0 Å². The normalized spacial score (nSPS) is 25.4. The average molecular weight is 232 g/mol. The van der Waals surface area contributed by atoms with E-state index in [4.69, 9.17) is 4.74 Å². The first-order valence-electron chi connectivity index (χ1n) is 5.80. The summed E-state index contributed by atoms with van der Waals surface area (Å²) < 4.78 is 5.30. The van der Waals surface area contributed by atoms with Crippen LogP contribution in [-0.2, 0) is 4.74 Å². The number of nitrogens with one attached hydrogen (secondary N) is 1. The van der Waals surface area contributed by atoms with Gasteiger partial charge in [-0.2, -0.15) is 11.8 Å². The molecule has 3 nitrogen and oxygen atoms in total. The van der Waals surface area contributed by atoms with Gasteiger partial charge in [-0.3, -0.25) is 0 Å². The monoisotopic (exact) mass is 232 g/mol. The maximum Gasteiger partial charge on any atom is 0.0631 e. The first-order valence-corrected chi connectivity index (χ1v) is 6.95. The summed E-state index contributed by atoms with van der Waals surface area (Å²) in [7, 11) is 4.01. The zero-order valence-corrected chi connectivity index (χ0v) is 11.0. The maximum atomic E-state index is 5.30. The quantitative estimate of drug-likeness (QED) is 0.740. The number of methoxy groups -OCH3 is 1. The Labute approximate surface area is 97.9 Å². The Hall–Kier alpha value is 0.230. The van der Waals surface area contributed by atoms with Gasteiger partial charge in [-0.25, -0.2) is 0 Å². The van der Waals surface area contributed by atoms with E-state index in [0.29, 0.717) is 12.1 Å². The number of likely N-dealkylation sites (N-methyl/N-ethyl adjacent to an activating group) is 1. The Morgan fingerprint density at radius 3 is 3.00 bits per heavy atom. The number of thioether (sulfide) groups is 1. The van der Waals surface area contributed by atoms with Crippen LogP contribution in [0.2, 0.25) is 0 Å². The fourth-order valence-corrected chi connectivity index (χ4v) is 3.26. The fraction of sp³-hybridized carbons (Fsp3) is 1.00. The summed E-state index contributed by atoms with van der Waals surface area (Å²) in [6.07, 6.45) is 1.18. The highest BCUT2D eigenvalue weighted by atomic mass is 32.2. The lowest BCUT2D eigenvalue weighted by molar-refractivity contribution is 0.116. The largest absolute Gasteiger partial charge is 0.383 e. The van der Waals surface area contributed by atoms with E-state index in [9.17, 15) is 0 Å². The van der Waals surface area contributed by atoms with Gasteiger partial charge in [0.2, 0.25) is 0 Å². The number of ether oxygens (including phenoxy) is 1. The van der Waals surface area contributed by atoms with Gasteiger partial charge in [0.05, 0.1) is 6.61 Å². The third-order valence-corrected chi connectivity index (χ3v) is 3.96. The maximum absolute atomic E-state index is 5.30. The number of hydrogen-bond donors (Lipinski definition) is 1. The van der Waals surface area contributed by atoms with Gasteiger partial charge in [-0.05, 0) is 20.0 Å². The van der Waals surface area contributed by atoms with Crippen LogP contribution in [-0.4, -0.2) is 62.3 Å². The minimum Gasteiger partial charge on any atom is -0.383 e. The van der Waals surface area contributed by atoms with Crippen LogP contribution in [0, 0.1) is 0 Å². The van der Waals surface area contributed by atoms with E-state index < -0.39 is 0 Å². The second-order valence-corrected chi connectivity index (χ2v) is 5.29. The van der Waals surface area contributed by atoms with Gasteiger partial charge in [-0.15, -0.1) is 0 Å². The van der Waals surface area contributed by atoms with Gasteiger partial charge in [0.1, 0.15) is 0 Å². The van der Waals surface area contributed by atoms with Crippen molar-refractivity contribution in [3.63, 3.8) is 0 Å². The predicted molar refractivity (Wildman–Crippen MR) is 67.7 cm³/mol. The molecule has 0 aliphatic carbocycles. The molecule has 0 amide bonds. The summed E-state index contributed by atoms with van der Waals surface area (Å²) >= 11 is 2.06. The molecular formula is C11H24N2OS. The highest BCUT2D eigenvalue weighted by Crippen LogP contribution is 2.17. The Bertz CT molecular complexity index is 169. The Balaban J connectivity index is 2.44. The molecule has 0 aromatic heterocycles. The van der Waals surface area contributed by atoms with E-state index in [2.05, 4.69) is 35.9 Å². The molecule has 0 aromatic carbocycles. The van der Waals surface area contributed by atoms with Crippen LogP contribution >= 0.6 is 11.8 Å². The van der Waals surface area contributed by atoms with Crippen LogP contribution in [0.1, 0.15) is 13.3 Å². The second-order valence-electron chi connectivity index (χ2n) is 4.14. The Kier molecular flexibility index (Phi) is 6.64. The molecule has 15 heavy (non-hydrogen) atoms. The topological polar surface area (TPSA) is 24.5 Å². The third-order valence-electron chi connectivity index (χ3n) is 2.91. The summed E-state index contributed by atoms with van der Waals surface area (Å²) in [6.45, 7) is 5.30. The SMILES string of the molecule is CCCNC(COC)C1CSCCN1C. The molecule has 4 heteroatoms. The molecule has 0 saturated carbocycles. The molecule has 0 bridgehead atoms. The Morgan fingerprint density at radius 1 is 1.60 bits per heavy atom. The minimum atomic E-state index is 0.479. The van der Waals surface area contributed by atoms with Crippen LogP contribution in [0.3, 0.4) is 0 Å². The summed E-state index contributed by atoms with van der Waals surface area (Å²) in [4.78, 5) is 2.46. The van der Waals surface area contributed by atoms with Gasteiger partial charge in [0.25, 0.3) is 0 Å². The van der Waals surface area contributed by atoms with Crippen molar-refractivity contribution >= 4 is 11.8 Å². The van der Waals surface area contributed by atoms with Crippen molar-refractivity contribution in [2.24, 2.45) is 0 Å². The lowest BCUT2D eigenvalue weighted by Crippen LogP contribution is -2.54. The van der Waals surface area contributed by atoms with Crippen molar-refractivity contribution in [3.8, 4) is 0 Å². The minimum absolute atomic E-state index is 0.479. The van der Waals surface area contributed by atoms with Gasteiger partial charge in [0, 0.05) is 37.2 Å². The molecule has 0 spiro atoms. The van der Waals surface area contributed by atoms with E-state index in [0.717, 1.165) is 13.2 Å². The second kappa shape index (κ2) is 7.49. The molecule has 0 aromatic rings. The molecule has 2 unspecified atom stereocenters. The summed E-state index contributed by atoms with van der Waals surface area (Å²) in [5.41, 5.74) is 0. The van der Waals surface area contributed by atoms with Gasteiger partial charge >= 0.3 is 0 Å². The predicted octanol–water partition coefficient (Wildman–Crippen LogP) is 1.05. The van der Waals surface area contributed by atoms with Crippen molar-refractivity contribution in [1.29, 1.82) is 0 Å². The summed E-state index contributed by atoms with van der Waals surface area (Å²) in [5, 5.41) is 3.59. The smallest absolute Gasteiger partial charge is 0.0631 e. The number of hydrogen-bond acceptors (Lipinski definition) is 4. The molecule has 1 saturated heterocycles. The third kappa shape index (κ3) is 4.31. The average Bonchev–Trinajstić information content (AvgIpc) is 2.25. The standard InChI is InChI=1S/C11H24N2OS/c1-4-5-12-10(8-14-3)11-9-15-7-6-13(11)2/h10-12H,4-9H2,1-3H3. The van der Waals surface area contributed by atoms with Crippen molar-refractivity contribution in [2.45, 2.75) is 25.4 Å². The van der Waals surface area contributed by atoms with Gasteiger partial charge in [-0.1, -0.05) is 6.92 Å². The molecular weight excluding hydrogens is 208 g/mol. The first-order chi connectivity index (χ1) is 7.29. The molecule has 90 valence electrons. The van der Waals surface area contributed by atoms with E-state index in [1.165, 1.54) is 24.5 Å². The molecule has 1 heterocycles. The van der Waals surface area contributed by atoms with E-state index in [1.807, 2.05) is 0 Å². The van der Waals surface area contributed by atoms with Crippen molar-refractivity contribution in [2.75, 3.05) is 45.4 Å². The molecule has 1 fully saturated rings. The first kappa shape index (κ1) is 13.3. The van der Waals surface area contributed by atoms with Crippen molar-refractivity contribution in [3.05, 3.63) is 0 Å². The number of rotatable bonds is 6. The summed E-state index contributed by atoms with van der Waals surface area (Å²) in [5.74, 6) is 2.49.